The summed E-state index contributed by atoms with van der Waals surface area (Å²) in [5, 5.41) is 8.72. The van der Waals surface area contributed by atoms with E-state index in [2.05, 4.69) is 6.92 Å². The number of Topliss-reactive ketones (excluding diaryl/α,β-unsaturated/α-hetero) is 1. The Hall–Kier alpha value is -1.64. The third kappa shape index (κ3) is 2.78. The van der Waals surface area contributed by atoms with Gasteiger partial charge in [0.1, 0.15) is 0 Å². The molecule has 1 aliphatic rings. The van der Waals surface area contributed by atoms with Crippen molar-refractivity contribution in [2.75, 3.05) is 0 Å². The number of hydrogen-bond donors (Lipinski definition) is 1. The largest absolute Gasteiger partial charge is 0.475 e. The lowest BCUT2D eigenvalue weighted by Gasteiger charge is -2.26. The zero-order valence-electron chi connectivity index (χ0n) is 10.6. The summed E-state index contributed by atoms with van der Waals surface area (Å²) >= 11 is 0. The zero-order chi connectivity index (χ0) is 13.1. The van der Waals surface area contributed by atoms with Crippen molar-refractivity contribution in [1.29, 1.82) is 0 Å². The van der Waals surface area contributed by atoms with Crippen molar-refractivity contribution < 1.29 is 14.7 Å². The van der Waals surface area contributed by atoms with Gasteiger partial charge in [-0.1, -0.05) is 38.0 Å². The second-order valence-corrected chi connectivity index (χ2v) is 5.22. The highest BCUT2D eigenvalue weighted by atomic mass is 16.4. The number of benzene rings is 1. The number of hydrogen-bond acceptors (Lipinski definition) is 2. The van der Waals surface area contributed by atoms with E-state index in [1.807, 2.05) is 6.07 Å². The summed E-state index contributed by atoms with van der Waals surface area (Å²) in [6, 6.07) is 7.10. The molecule has 96 valence electrons. The highest BCUT2D eigenvalue weighted by molar-refractivity contribution is 6.39. The molecule has 0 amide bonds. The number of carbonyl (C=O) groups is 2. The Labute approximate surface area is 107 Å². The topological polar surface area (TPSA) is 54.4 Å². The van der Waals surface area contributed by atoms with E-state index in [-0.39, 0.29) is 0 Å². The van der Waals surface area contributed by atoms with E-state index in [0.29, 0.717) is 11.5 Å². The summed E-state index contributed by atoms with van der Waals surface area (Å²) in [5.74, 6) is -0.946. The molecule has 0 heterocycles. The van der Waals surface area contributed by atoms with Gasteiger partial charge in [0.15, 0.2) is 0 Å². The van der Waals surface area contributed by atoms with Gasteiger partial charge in [0, 0.05) is 5.56 Å². The molecule has 0 radical (unpaired) electrons. The molecular weight excluding hydrogens is 228 g/mol. The summed E-state index contributed by atoms with van der Waals surface area (Å²) < 4.78 is 0. The van der Waals surface area contributed by atoms with Crippen LogP contribution in [0.1, 0.15) is 54.4 Å². The van der Waals surface area contributed by atoms with Crippen molar-refractivity contribution in [3.05, 3.63) is 35.4 Å². The smallest absolute Gasteiger partial charge is 0.377 e. The maximum absolute atomic E-state index is 11.4. The molecule has 0 unspecified atom stereocenters. The number of aliphatic carboxylic acids is 1. The van der Waals surface area contributed by atoms with Crippen LogP contribution in [0.25, 0.3) is 0 Å². The third-order valence-corrected chi connectivity index (χ3v) is 3.83. The van der Waals surface area contributed by atoms with Crippen LogP contribution in [0, 0.1) is 5.92 Å². The Morgan fingerprint density at radius 1 is 1.17 bits per heavy atom. The quantitative estimate of drug-likeness (QED) is 0.658. The number of carbonyl (C=O) groups excluding carboxylic acids is 1. The third-order valence-electron chi connectivity index (χ3n) is 3.83. The van der Waals surface area contributed by atoms with Gasteiger partial charge in [-0.15, -0.1) is 0 Å². The van der Waals surface area contributed by atoms with E-state index < -0.39 is 11.8 Å². The lowest BCUT2D eigenvalue weighted by atomic mass is 9.79. The van der Waals surface area contributed by atoms with Crippen LogP contribution in [0.15, 0.2) is 24.3 Å². The first-order valence-electron chi connectivity index (χ1n) is 6.45. The molecule has 0 saturated heterocycles. The van der Waals surface area contributed by atoms with Crippen LogP contribution in [0.5, 0.6) is 0 Å². The average Bonchev–Trinajstić information content (AvgIpc) is 2.38. The van der Waals surface area contributed by atoms with E-state index >= 15 is 0 Å². The molecule has 1 aromatic carbocycles. The predicted molar refractivity (Wildman–Crippen MR) is 68.8 cm³/mol. The second kappa shape index (κ2) is 5.34. The van der Waals surface area contributed by atoms with Crippen molar-refractivity contribution in [2.24, 2.45) is 5.92 Å². The van der Waals surface area contributed by atoms with Gasteiger partial charge in [0.25, 0.3) is 5.78 Å². The summed E-state index contributed by atoms with van der Waals surface area (Å²) in [4.78, 5) is 22.1. The van der Waals surface area contributed by atoms with E-state index in [0.717, 1.165) is 24.3 Å². The summed E-state index contributed by atoms with van der Waals surface area (Å²) in [6.07, 6.45) is 4.68. The van der Waals surface area contributed by atoms with Gasteiger partial charge in [-0.2, -0.15) is 0 Å². The molecule has 0 spiro atoms. The first-order chi connectivity index (χ1) is 8.58. The molecule has 2 rings (SSSR count). The van der Waals surface area contributed by atoms with Crippen molar-refractivity contribution >= 4 is 11.8 Å². The molecule has 1 saturated carbocycles. The lowest BCUT2D eigenvalue weighted by molar-refractivity contribution is -0.131. The molecule has 1 aromatic rings. The number of carboxylic acids is 1. The molecule has 3 nitrogen and oxygen atoms in total. The first-order valence-corrected chi connectivity index (χ1v) is 6.45. The maximum Gasteiger partial charge on any atom is 0.377 e. The number of rotatable bonds is 3. The fraction of sp³-hybridized carbons (Fsp3) is 0.467. The minimum Gasteiger partial charge on any atom is -0.475 e. The lowest BCUT2D eigenvalue weighted by Crippen LogP contribution is -2.14. The summed E-state index contributed by atoms with van der Waals surface area (Å²) in [7, 11) is 0. The highest BCUT2D eigenvalue weighted by Gasteiger charge is 2.21. The van der Waals surface area contributed by atoms with Crippen LogP contribution in [0.2, 0.25) is 0 Å². The monoisotopic (exact) mass is 246 g/mol. The van der Waals surface area contributed by atoms with Gasteiger partial charge in [0.2, 0.25) is 0 Å². The Morgan fingerprint density at radius 2 is 1.83 bits per heavy atom. The zero-order valence-corrected chi connectivity index (χ0v) is 10.6. The minimum absolute atomic E-state index is 0.290. The van der Waals surface area contributed by atoms with Gasteiger partial charge in [-0.25, -0.2) is 4.79 Å². The van der Waals surface area contributed by atoms with Crippen molar-refractivity contribution in [1.82, 2.24) is 0 Å². The van der Waals surface area contributed by atoms with E-state index in [1.54, 1.807) is 18.2 Å². The van der Waals surface area contributed by atoms with Gasteiger partial charge in [-0.05, 0) is 36.3 Å². The van der Waals surface area contributed by atoms with Gasteiger partial charge < -0.3 is 5.11 Å². The standard InChI is InChI=1S/C15H18O3/c1-10-5-7-11(8-6-10)12-3-2-4-13(9-12)14(16)15(17)18/h2-4,9-11H,5-8H2,1H3,(H,17,18). The molecule has 3 heteroatoms. The first kappa shape index (κ1) is 12.8. The molecule has 0 aliphatic heterocycles. The molecule has 1 aliphatic carbocycles. The van der Waals surface area contributed by atoms with Crippen molar-refractivity contribution in [3.8, 4) is 0 Å². The molecule has 1 fully saturated rings. The van der Waals surface area contributed by atoms with Gasteiger partial charge in [-0.3, -0.25) is 4.79 Å². The number of carboxylic acid groups (broad SMARTS) is 1. The van der Waals surface area contributed by atoms with Crippen molar-refractivity contribution in [2.45, 2.75) is 38.5 Å². The highest BCUT2D eigenvalue weighted by Crippen LogP contribution is 2.35. The molecule has 18 heavy (non-hydrogen) atoms. The van der Waals surface area contributed by atoms with E-state index in [1.165, 1.54) is 12.8 Å². The molecular formula is C15H18O3. The average molecular weight is 246 g/mol. The van der Waals surface area contributed by atoms with Crippen molar-refractivity contribution in [3.63, 3.8) is 0 Å². The summed E-state index contributed by atoms with van der Waals surface area (Å²) in [6.45, 7) is 2.26. The molecule has 0 bridgehead atoms. The van der Waals surface area contributed by atoms with Gasteiger partial charge >= 0.3 is 5.97 Å². The van der Waals surface area contributed by atoms with Crippen LogP contribution in [-0.2, 0) is 4.79 Å². The Balaban J connectivity index is 2.17. The Bertz CT molecular complexity index is 457. The Morgan fingerprint density at radius 3 is 2.44 bits per heavy atom. The fourth-order valence-electron chi connectivity index (χ4n) is 2.65. The molecule has 1 N–H and O–H groups in total. The van der Waals surface area contributed by atoms with Crippen LogP contribution < -0.4 is 0 Å². The fourth-order valence-corrected chi connectivity index (χ4v) is 2.65. The normalized spacial score (nSPS) is 23.6. The Kier molecular flexibility index (Phi) is 3.80. The number of ketones is 1. The van der Waals surface area contributed by atoms with Crippen LogP contribution in [0.4, 0.5) is 0 Å². The van der Waals surface area contributed by atoms with E-state index in [4.69, 9.17) is 5.11 Å². The minimum atomic E-state index is -1.38. The SMILES string of the molecule is CC1CCC(c2cccc(C(=O)C(=O)O)c2)CC1. The van der Waals surface area contributed by atoms with Gasteiger partial charge in [0.05, 0.1) is 0 Å². The van der Waals surface area contributed by atoms with Crippen LogP contribution in [0.3, 0.4) is 0 Å². The predicted octanol–water partition coefficient (Wildman–Crippen LogP) is 3.25. The maximum atomic E-state index is 11.4. The second-order valence-electron chi connectivity index (χ2n) is 5.22. The van der Waals surface area contributed by atoms with Crippen LogP contribution in [-0.4, -0.2) is 16.9 Å². The molecule has 0 atom stereocenters. The summed E-state index contributed by atoms with van der Waals surface area (Å²) in [5.41, 5.74) is 1.40. The van der Waals surface area contributed by atoms with E-state index in [9.17, 15) is 9.59 Å². The molecule has 0 aromatic heterocycles. The van der Waals surface area contributed by atoms with Crippen LogP contribution >= 0.6 is 0 Å².